The third-order valence-electron chi connectivity index (χ3n) is 5.30. The molecular formula is C24H31NO. The maximum absolute atomic E-state index is 6.28. The van der Waals surface area contributed by atoms with Crippen molar-refractivity contribution in [2.24, 2.45) is 0 Å². The maximum atomic E-state index is 6.28. The molecule has 0 aliphatic carbocycles. The predicted molar refractivity (Wildman–Crippen MR) is 111 cm³/mol. The summed E-state index contributed by atoms with van der Waals surface area (Å²) in [4.78, 5) is 2.58. The van der Waals surface area contributed by atoms with Crippen LogP contribution in [0, 0.1) is 0 Å². The summed E-state index contributed by atoms with van der Waals surface area (Å²) in [7, 11) is 0. The van der Waals surface area contributed by atoms with Gasteiger partial charge in [0, 0.05) is 12.6 Å². The van der Waals surface area contributed by atoms with Gasteiger partial charge in [-0.3, -0.25) is 4.90 Å². The first-order chi connectivity index (χ1) is 12.8. The molecule has 0 spiro atoms. The first-order valence-electron chi connectivity index (χ1n) is 10.00. The van der Waals surface area contributed by atoms with Crippen molar-refractivity contribution in [3.05, 3.63) is 65.7 Å². The van der Waals surface area contributed by atoms with Crippen LogP contribution < -0.4 is 4.74 Å². The van der Waals surface area contributed by atoms with Gasteiger partial charge in [-0.2, -0.15) is 0 Å². The van der Waals surface area contributed by atoms with Gasteiger partial charge in [-0.25, -0.2) is 0 Å². The summed E-state index contributed by atoms with van der Waals surface area (Å²) in [6.07, 6.45) is 9.64. The van der Waals surface area contributed by atoms with Gasteiger partial charge in [-0.05, 0) is 49.6 Å². The van der Waals surface area contributed by atoms with E-state index in [1.54, 1.807) is 0 Å². The third kappa shape index (κ3) is 5.22. The van der Waals surface area contributed by atoms with Gasteiger partial charge >= 0.3 is 0 Å². The van der Waals surface area contributed by atoms with Crippen LogP contribution in [0.2, 0.25) is 0 Å². The molecule has 2 aromatic rings. The molecule has 1 fully saturated rings. The van der Waals surface area contributed by atoms with Gasteiger partial charge < -0.3 is 4.74 Å². The standard InChI is InChI=1S/C24H31NO/c1-3-4-8-18-25-19-17-24(20(25)2)26-23-15-13-22(14-16-23)12-11-21-9-6-5-7-10-21/h5-7,9-16,20,24H,3-4,8,17-19H2,1-2H3. The van der Waals surface area contributed by atoms with Gasteiger partial charge in [0.2, 0.25) is 0 Å². The average Bonchev–Trinajstić information content (AvgIpc) is 3.02. The fourth-order valence-electron chi connectivity index (χ4n) is 3.60. The highest BCUT2D eigenvalue weighted by molar-refractivity contribution is 5.69. The Bertz CT molecular complexity index is 677. The number of nitrogens with zero attached hydrogens (tertiary/aromatic N) is 1. The van der Waals surface area contributed by atoms with E-state index in [2.05, 4.69) is 79.4 Å². The van der Waals surface area contributed by atoms with Gasteiger partial charge in [-0.15, -0.1) is 0 Å². The second-order valence-electron chi connectivity index (χ2n) is 7.24. The predicted octanol–water partition coefficient (Wildman–Crippen LogP) is 5.89. The Balaban J connectivity index is 1.52. The Labute approximate surface area is 158 Å². The van der Waals surface area contributed by atoms with E-state index in [0.29, 0.717) is 12.1 Å². The van der Waals surface area contributed by atoms with Gasteiger partial charge in [-0.1, -0.05) is 74.4 Å². The first-order valence-corrected chi connectivity index (χ1v) is 10.00. The van der Waals surface area contributed by atoms with Crippen LogP contribution in [-0.4, -0.2) is 30.1 Å². The highest BCUT2D eigenvalue weighted by Crippen LogP contribution is 2.24. The molecule has 0 radical (unpaired) electrons. The normalized spacial score (nSPS) is 20.7. The summed E-state index contributed by atoms with van der Waals surface area (Å²) in [5, 5.41) is 0. The molecule has 0 N–H and O–H groups in total. The van der Waals surface area contributed by atoms with Crippen LogP contribution >= 0.6 is 0 Å². The topological polar surface area (TPSA) is 12.5 Å². The molecule has 2 unspecified atom stereocenters. The van der Waals surface area contributed by atoms with E-state index in [4.69, 9.17) is 4.74 Å². The fraction of sp³-hybridized carbons (Fsp3) is 0.417. The Morgan fingerprint density at radius 1 is 0.962 bits per heavy atom. The molecule has 2 nitrogen and oxygen atoms in total. The molecule has 1 aliphatic heterocycles. The summed E-state index contributed by atoms with van der Waals surface area (Å²) in [5.74, 6) is 0.981. The zero-order chi connectivity index (χ0) is 18.2. The Morgan fingerprint density at radius 2 is 1.65 bits per heavy atom. The lowest BCUT2D eigenvalue weighted by Gasteiger charge is -2.25. The molecule has 138 valence electrons. The van der Waals surface area contributed by atoms with E-state index in [0.717, 1.165) is 18.7 Å². The highest BCUT2D eigenvalue weighted by Gasteiger charge is 2.31. The molecule has 26 heavy (non-hydrogen) atoms. The molecule has 2 atom stereocenters. The maximum Gasteiger partial charge on any atom is 0.119 e. The number of rotatable bonds is 8. The fourth-order valence-corrected chi connectivity index (χ4v) is 3.60. The summed E-state index contributed by atoms with van der Waals surface area (Å²) < 4.78 is 6.28. The minimum atomic E-state index is 0.308. The molecule has 2 heteroatoms. The van der Waals surface area contributed by atoms with Gasteiger partial charge in [0.1, 0.15) is 11.9 Å². The van der Waals surface area contributed by atoms with Crippen molar-refractivity contribution < 1.29 is 4.74 Å². The molecule has 3 rings (SSSR count). The lowest BCUT2D eigenvalue weighted by Crippen LogP contribution is -2.35. The van der Waals surface area contributed by atoms with E-state index in [-0.39, 0.29) is 0 Å². The van der Waals surface area contributed by atoms with E-state index in [1.165, 1.54) is 36.9 Å². The summed E-state index contributed by atoms with van der Waals surface area (Å²) in [6, 6.07) is 19.3. The number of hydrogen-bond donors (Lipinski definition) is 0. The van der Waals surface area contributed by atoms with Crippen LogP contribution in [0.5, 0.6) is 5.75 Å². The smallest absolute Gasteiger partial charge is 0.119 e. The van der Waals surface area contributed by atoms with Crippen molar-refractivity contribution in [3.8, 4) is 5.75 Å². The molecule has 0 saturated carbocycles. The van der Waals surface area contributed by atoms with Crippen LogP contribution in [0.4, 0.5) is 0 Å². The zero-order valence-corrected chi connectivity index (χ0v) is 16.1. The van der Waals surface area contributed by atoms with Crippen LogP contribution in [0.25, 0.3) is 12.2 Å². The molecule has 2 aromatic carbocycles. The van der Waals surface area contributed by atoms with Crippen LogP contribution in [0.3, 0.4) is 0 Å². The van der Waals surface area contributed by atoms with Crippen molar-refractivity contribution in [3.63, 3.8) is 0 Å². The third-order valence-corrected chi connectivity index (χ3v) is 5.30. The van der Waals surface area contributed by atoms with Crippen molar-refractivity contribution in [2.45, 2.75) is 51.7 Å². The molecule has 1 aliphatic rings. The lowest BCUT2D eigenvalue weighted by atomic mass is 10.1. The van der Waals surface area contributed by atoms with Crippen LogP contribution in [0.1, 0.15) is 50.7 Å². The monoisotopic (exact) mass is 349 g/mol. The van der Waals surface area contributed by atoms with Gasteiger partial charge in [0.15, 0.2) is 0 Å². The average molecular weight is 350 g/mol. The van der Waals surface area contributed by atoms with E-state index >= 15 is 0 Å². The van der Waals surface area contributed by atoms with Crippen molar-refractivity contribution >= 4 is 12.2 Å². The number of ether oxygens (including phenoxy) is 1. The zero-order valence-electron chi connectivity index (χ0n) is 16.1. The quantitative estimate of drug-likeness (QED) is 0.435. The minimum absolute atomic E-state index is 0.308. The van der Waals surface area contributed by atoms with Crippen LogP contribution in [0.15, 0.2) is 54.6 Å². The summed E-state index contributed by atoms with van der Waals surface area (Å²) >= 11 is 0. The van der Waals surface area contributed by atoms with E-state index < -0.39 is 0 Å². The molecule has 0 bridgehead atoms. The van der Waals surface area contributed by atoms with Crippen molar-refractivity contribution in [1.29, 1.82) is 0 Å². The number of likely N-dealkylation sites (tertiary alicyclic amines) is 1. The van der Waals surface area contributed by atoms with Crippen LogP contribution in [-0.2, 0) is 0 Å². The van der Waals surface area contributed by atoms with Gasteiger partial charge in [0.25, 0.3) is 0 Å². The minimum Gasteiger partial charge on any atom is -0.489 e. The van der Waals surface area contributed by atoms with Crippen molar-refractivity contribution in [2.75, 3.05) is 13.1 Å². The largest absolute Gasteiger partial charge is 0.489 e. The molecule has 1 saturated heterocycles. The molecule has 1 heterocycles. The molecule has 0 amide bonds. The summed E-state index contributed by atoms with van der Waals surface area (Å²) in [5.41, 5.74) is 2.41. The molecule has 0 aromatic heterocycles. The highest BCUT2D eigenvalue weighted by atomic mass is 16.5. The Kier molecular flexibility index (Phi) is 6.90. The second kappa shape index (κ2) is 9.59. The SMILES string of the molecule is CCCCCN1CCC(Oc2ccc(C=Cc3ccccc3)cc2)C1C. The van der Waals surface area contributed by atoms with E-state index in [1.807, 2.05) is 6.07 Å². The molecular weight excluding hydrogens is 318 g/mol. The number of hydrogen-bond acceptors (Lipinski definition) is 2. The lowest BCUT2D eigenvalue weighted by molar-refractivity contribution is 0.145. The first kappa shape index (κ1) is 18.7. The Hall–Kier alpha value is -2.06. The second-order valence-corrected chi connectivity index (χ2v) is 7.24. The van der Waals surface area contributed by atoms with Gasteiger partial charge in [0.05, 0.1) is 0 Å². The number of benzene rings is 2. The summed E-state index contributed by atoms with van der Waals surface area (Å²) in [6.45, 7) is 6.93. The number of unbranched alkanes of at least 4 members (excludes halogenated alkanes) is 2. The van der Waals surface area contributed by atoms with E-state index in [9.17, 15) is 0 Å². The van der Waals surface area contributed by atoms with Crippen molar-refractivity contribution in [1.82, 2.24) is 4.90 Å². The Morgan fingerprint density at radius 3 is 2.35 bits per heavy atom.